The maximum absolute atomic E-state index is 14.1. The summed E-state index contributed by atoms with van der Waals surface area (Å²) in [5.74, 6) is -0.139. The Morgan fingerprint density at radius 3 is 2.38 bits per heavy atom. The molecule has 0 radical (unpaired) electrons. The molecule has 1 heterocycles. The summed E-state index contributed by atoms with van der Waals surface area (Å²) in [5, 5.41) is 0.184. The van der Waals surface area contributed by atoms with Crippen LogP contribution in [0.3, 0.4) is 0 Å². The molecule has 0 N–H and O–H groups in total. The molecule has 210 valence electrons. The zero-order valence-corrected chi connectivity index (χ0v) is 23.3. The van der Waals surface area contributed by atoms with Crippen LogP contribution < -0.4 is 9.64 Å². The van der Waals surface area contributed by atoms with Gasteiger partial charge in [0.2, 0.25) is 0 Å². The van der Waals surface area contributed by atoms with Crippen LogP contribution in [0.2, 0.25) is 10.0 Å². The molecular weight excluding hydrogens is 563 g/mol. The van der Waals surface area contributed by atoms with E-state index >= 15 is 0 Å². The van der Waals surface area contributed by atoms with Crippen molar-refractivity contribution in [2.24, 2.45) is 0 Å². The molecule has 2 aromatic rings. The van der Waals surface area contributed by atoms with Crippen LogP contribution in [0, 0.1) is 12.3 Å². The third-order valence-electron chi connectivity index (χ3n) is 5.93. The molecule has 0 saturated carbocycles. The number of esters is 3. The predicted octanol–water partition coefficient (Wildman–Crippen LogP) is 4.31. The SMILES string of the molecule is C#CCOC(=O)C1=C(C(=O)N(Cc2cncc(C(=O)OC)c2)c2cc(OCC(=O)OC)c(Cl)cc2Cl)CCCC1. The van der Waals surface area contributed by atoms with Gasteiger partial charge in [0.15, 0.2) is 13.2 Å². The topological polar surface area (TPSA) is 121 Å². The molecule has 3 rings (SSSR count). The first-order chi connectivity index (χ1) is 19.2. The van der Waals surface area contributed by atoms with E-state index < -0.39 is 30.4 Å². The van der Waals surface area contributed by atoms with E-state index in [1.807, 2.05) is 0 Å². The van der Waals surface area contributed by atoms with E-state index in [2.05, 4.69) is 15.6 Å². The van der Waals surface area contributed by atoms with Gasteiger partial charge in [0.05, 0.1) is 42.1 Å². The Hall–Kier alpha value is -4.07. The van der Waals surface area contributed by atoms with Gasteiger partial charge in [-0.2, -0.15) is 0 Å². The minimum atomic E-state index is -0.667. The van der Waals surface area contributed by atoms with Crippen molar-refractivity contribution in [1.29, 1.82) is 0 Å². The average Bonchev–Trinajstić information content (AvgIpc) is 2.97. The largest absolute Gasteiger partial charge is 0.480 e. The Balaban J connectivity index is 2.12. The zero-order valence-electron chi connectivity index (χ0n) is 21.8. The Bertz CT molecular complexity index is 1380. The van der Waals surface area contributed by atoms with Crippen molar-refractivity contribution in [1.82, 2.24) is 4.98 Å². The normalized spacial score (nSPS) is 12.7. The van der Waals surface area contributed by atoms with Gasteiger partial charge in [-0.25, -0.2) is 14.4 Å². The Labute approximate surface area is 241 Å². The predicted molar refractivity (Wildman–Crippen MR) is 146 cm³/mol. The number of carbonyl (C=O) groups excluding carboxylic acids is 4. The number of anilines is 1. The van der Waals surface area contributed by atoms with Crippen LogP contribution in [-0.2, 0) is 35.1 Å². The molecule has 0 saturated heterocycles. The van der Waals surface area contributed by atoms with Crippen molar-refractivity contribution in [2.45, 2.75) is 32.2 Å². The van der Waals surface area contributed by atoms with Gasteiger partial charge < -0.3 is 23.8 Å². The number of hydrogen-bond donors (Lipinski definition) is 0. The molecule has 1 aromatic heterocycles. The second kappa shape index (κ2) is 14.4. The number of halogens is 2. The number of rotatable bonds is 10. The lowest BCUT2D eigenvalue weighted by Crippen LogP contribution is -2.34. The average molecular weight is 589 g/mol. The van der Waals surface area contributed by atoms with Crippen molar-refractivity contribution in [3.05, 3.63) is 62.9 Å². The standard InChI is InChI=1S/C28H26Cl2N2O8/c1-4-9-39-28(36)20-8-6-5-7-19(20)26(34)32(15-17-10-18(14-31-13-17)27(35)38-3)23-12-24(22(30)11-21(23)29)40-16-25(33)37-2/h1,10-14H,5-9,15-16H2,2-3H3. The highest BCUT2D eigenvalue weighted by atomic mass is 35.5. The molecule has 0 unspecified atom stereocenters. The maximum atomic E-state index is 14.1. The summed E-state index contributed by atoms with van der Waals surface area (Å²) in [6.07, 6.45) is 10.0. The van der Waals surface area contributed by atoms with Crippen LogP contribution in [0.25, 0.3) is 0 Å². The lowest BCUT2D eigenvalue weighted by molar-refractivity contribution is -0.143. The molecule has 1 amide bonds. The van der Waals surface area contributed by atoms with Gasteiger partial charge in [0.1, 0.15) is 5.75 Å². The first-order valence-electron chi connectivity index (χ1n) is 12.1. The van der Waals surface area contributed by atoms with Crippen LogP contribution in [0.5, 0.6) is 5.75 Å². The summed E-state index contributed by atoms with van der Waals surface area (Å²) in [7, 11) is 2.45. The summed E-state index contributed by atoms with van der Waals surface area (Å²) in [5.41, 5.74) is 1.28. The quantitative estimate of drug-likeness (QED) is 0.227. The number of nitrogens with zero attached hydrogens (tertiary/aromatic N) is 2. The summed E-state index contributed by atoms with van der Waals surface area (Å²) in [6.45, 7) is -0.777. The molecule has 40 heavy (non-hydrogen) atoms. The third kappa shape index (κ3) is 7.52. The number of pyridine rings is 1. The van der Waals surface area contributed by atoms with E-state index in [1.165, 1.54) is 49.7 Å². The first kappa shape index (κ1) is 30.5. The fraction of sp³-hybridized carbons (Fsp3) is 0.321. The number of carbonyl (C=O) groups is 4. The van der Waals surface area contributed by atoms with Crippen LogP contribution >= 0.6 is 23.2 Å². The Morgan fingerprint density at radius 2 is 1.70 bits per heavy atom. The second-order valence-electron chi connectivity index (χ2n) is 8.51. The highest BCUT2D eigenvalue weighted by Crippen LogP contribution is 2.39. The number of terminal acetylenes is 1. The van der Waals surface area contributed by atoms with Crippen LogP contribution in [0.15, 0.2) is 41.7 Å². The highest BCUT2D eigenvalue weighted by Gasteiger charge is 2.30. The summed E-state index contributed by atoms with van der Waals surface area (Å²) in [4.78, 5) is 56.0. The Kier molecular flexibility index (Phi) is 10.9. The summed E-state index contributed by atoms with van der Waals surface area (Å²) < 4.78 is 20.0. The number of benzene rings is 1. The zero-order chi connectivity index (χ0) is 29.2. The van der Waals surface area contributed by atoms with E-state index in [1.54, 1.807) is 0 Å². The van der Waals surface area contributed by atoms with Gasteiger partial charge >= 0.3 is 17.9 Å². The molecular formula is C28H26Cl2N2O8. The molecule has 0 aliphatic heterocycles. The number of methoxy groups -OCH3 is 2. The fourth-order valence-electron chi connectivity index (χ4n) is 4.01. The number of amides is 1. The first-order valence-corrected chi connectivity index (χ1v) is 12.8. The number of hydrogen-bond acceptors (Lipinski definition) is 9. The maximum Gasteiger partial charge on any atom is 0.343 e. The molecule has 0 atom stereocenters. The molecule has 0 bridgehead atoms. The minimum Gasteiger partial charge on any atom is -0.480 e. The minimum absolute atomic E-state index is 0.0666. The molecule has 1 aliphatic carbocycles. The van der Waals surface area contributed by atoms with Crippen molar-refractivity contribution in [3.8, 4) is 18.1 Å². The van der Waals surface area contributed by atoms with Crippen LogP contribution in [0.1, 0.15) is 41.6 Å². The van der Waals surface area contributed by atoms with Crippen LogP contribution in [0.4, 0.5) is 5.69 Å². The van der Waals surface area contributed by atoms with E-state index in [9.17, 15) is 19.2 Å². The second-order valence-corrected chi connectivity index (χ2v) is 9.32. The van der Waals surface area contributed by atoms with Crippen molar-refractivity contribution < 1.29 is 38.1 Å². The van der Waals surface area contributed by atoms with Gasteiger partial charge in [0.25, 0.3) is 5.91 Å². The molecule has 12 heteroatoms. The molecule has 10 nitrogen and oxygen atoms in total. The van der Waals surface area contributed by atoms with Crippen LogP contribution in [-0.4, -0.2) is 56.2 Å². The van der Waals surface area contributed by atoms with Crippen molar-refractivity contribution in [2.75, 3.05) is 32.3 Å². The van der Waals surface area contributed by atoms with E-state index in [-0.39, 0.29) is 51.3 Å². The lowest BCUT2D eigenvalue weighted by atomic mass is 9.90. The number of ether oxygens (including phenoxy) is 4. The highest BCUT2D eigenvalue weighted by molar-refractivity contribution is 6.37. The van der Waals surface area contributed by atoms with E-state index in [4.69, 9.17) is 43.8 Å². The number of aromatic nitrogens is 1. The lowest BCUT2D eigenvalue weighted by Gasteiger charge is -2.28. The van der Waals surface area contributed by atoms with Gasteiger partial charge in [-0.1, -0.05) is 29.1 Å². The molecule has 0 fully saturated rings. The fourth-order valence-corrected chi connectivity index (χ4v) is 4.55. The van der Waals surface area contributed by atoms with Gasteiger partial charge in [0, 0.05) is 29.6 Å². The summed E-state index contributed by atoms with van der Waals surface area (Å²) >= 11 is 12.9. The van der Waals surface area contributed by atoms with Gasteiger partial charge in [-0.05, 0) is 43.4 Å². The third-order valence-corrected chi connectivity index (χ3v) is 6.52. The van der Waals surface area contributed by atoms with Crippen molar-refractivity contribution >= 4 is 52.7 Å². The smallest absolute Gasteiger partial charge is 0.343 e. The molecule has 0 spiro atoms. The van der Waals surface area contributed by atoms with Crippen molar-refractivity contribution in [3.63, 3.8) is 0 Å². The monoisotopic (exact) mass is 588 g/mol. The Morgan fingerprint density at radius 1 is 0.975 bits per heavy atom. The molecule has 1 aromatic carbocycles. The van der Waals surface area contributed by atoms with Gasteiger partial charge in [-0.15, -0.1) is 6.42 Å². The van der Waals surface area contributed by atoms with E-state index in [0.29, 0.717) is 31.2 Å². The van der Waals surface area contributed by atoms with E-state index in [0.717, 1.165) is 0 Å². The summed E-state index contributed by atoms with van der Waals surface area (Å²) in [6, 6.07) is 4.30. The molecule has 1 aliphatic rings. The van der Waals surface area contributed by atoms with Gasteiger partial charge in [-0.3, -0.25) is 9.78 Å².